The molecule has 6 nitrogen and oxygen atoms in total. The first-order valence-electron chi connectivity index (χ1n) is 9.00. The zero-order valence-corrected chi connectivity index (χ0v) is 16.0. The number of hydrogen-bond donors (Lipinski definition) is 2. The van der Waals surface area contributed by atoms with Gasteiger partial charge in [-0.05, 0) is 44.0 Å². The number of imide groups is 1. The average Bonchev–Trinajstić information content (AvgIpc) is 2.86. The zero-order valence-electron chi connectivity index (χ0n) is 16.0. The fourth-order valence-electron chi connectivity index (χ4n) is 3.11. The fraction of sp³-hybridized carbons (Fsp3) is 0.273. The maximum Gasteiger partial charge on any atom is 0.418 e. The summed E-state index contributed by atoms with van der Waals surface area (Å²) in [4.78, 5) is 26.8. The number of amides is 2. The van der Waals surface area contributed by atoms with E-state index in [1.165, 1.54) is 24.3 Å². The topological polar surface area (TPSA) is 87.1 Å². The number of aliphatic hydroxyl groups is 1. The molecule has 0 aliphatic carbocycles. The Bertz CT molecular complexity index is 910. The van der Waals surface area contributed by atoms with Gasteiger partial charge in [-0.2, -0.15) is 0 Å². The van der Waals surface area contributed by atoms with Crippen LogP contribution in [0.3, 0.4) is 0 Å². The second-order valence-electron chi connectivity index (χ2n) is 7.67. The summed E-state index contributed by atoms with van der Waals surface area (Å²) >= 11 is 0. The fourth-order valence-corrected chi connectivity index (χ4v) is 3.11. The van der Waals surface area contributed by atoms with Crippen molar-refractivity contribution in [3.63, 3.8) is 0 Å². The molecule has 0 aromatic heterocycles. The Morgan fingerprint density at radius 2 is 1.64 bits per heavy atom. The molecule has 0 unspecified atom stereocenters. The van der Waals surface area contributed by atoms with Gasteiger partial charge >= 0.3 is 6.09 Å². The lowest BCUT2D eigenvalue weighted by Gasteiger charge is -2.27. The van der Waals surface area contributed by atoms with Crippen LogP contribution < -0.4 is 0 Å². The molecule has 28 heavy (non-hydrogen) atoms. The Morgan fingerprint density at radius 3 is 2.21 bits per heavy atom. The van der Waals surface area contributed by atoms with Gasteiger partial charge in [0.25, 0.3) is 5.91 Å². The molecule has 0 saturated heterocycles. The van der Waals surface area contributed by atoms with Crippen LogP contribution in [-0.4, -0.2) is 38.8 Å². The van der Waals surface area contributed by atoms with Crippen molar-refractivity contribution in [2.75, 3.05) is 0 Å². The van der Waals surface area contributed by atoms with E-state index in [2.05, 4.69) is 0 Å². The van der Waals surface area contributed by atoms with Gasteiger partial charge in [-0.15, -0.1) is 0 Å². The molecule has 1 atom stereocenters. The predicted octanol–water partition coefficient (Wildman–Crippen LogP) is 4.05. The molecule has 146 valence electrons. The van der Waals surface area contributed by atoms with E-state index < -0.39 is 23.6 Å². The molecular formula is C22H23NO5. The standard InChI is InChI=1S/C22H23NO5/c1-22(2,3)28-21(27)23-17(13-14-7-5-4-6-8-14)19(25)18(20(23)26)15-9-11-16(24)12-10-15/h4-12,17,24-25H,13H2,1-3H3/t17-/m0/s1. The Balaban J connectivity index is 2.02. The summed E-state index contributed by atoms with van der Waals surface area (Å²) in [7, 11) is 0. The summed E-state index contributed by atoms with van der Waals surface area (Å²) in [6, 6.07) is 14.3. The van der Waals surface area contributed by atoms with Crippen molar-refractivity contribution >= 4 is 17.6 Å². The van der Waals surface area contributed by atoms with Crippen LogP contribution in [0, 0.1) is 0 Å². The molecule has 6 heteroatoms. The minimum absolute atomic E-state index is 0.0341. The van der Waals surface area contributed by atoms with E-state index in [0.29, 0.717) is 5.56 Å². The van der Waals surface area contributed by atoms with Crippen molar-refractivity contribution in [2.24, 2.45) is 0 Å². The first-order chi connectivity index (χ1) is 13.2. The monoisotopic (exact) mass is 381 g/mol. The Kier molecular flexibility index (Phi) is 5.14. The lowest BCUT2D eigenvalue weighted by molar-refractivity contribution is -0.124. The van der Waals surface area contributed by atoms with Crippen LogP contribution in [0.15, 0.2) is 60.4 Å². The number of nitrogens with zero attached hydrogens (tertiary/aromatic N) is 1. The van der Waals surface area contributed by atoms with Crippen molar-refractivity contribution in [2.45, 2.75) is 38.8 Å². The quantitative estimate of drug-likeness (QED) is 0.838. The van der Waals surface area contributed by atoms with Crippen molar-refractivity contribution in [1.82, 2.24) is 4.90 Å². The number of hydrogen-bond acceptors (Lipinski definition) is 5. The highest BCUT2D eigenvalue weighted by Gasteiger charge is 2.45. The summed E-state index contributed by atoms with van der Waals surface area (Å²) < 4.78 is 5.40. The van der Waals surface area contributed by atoms with Crippen LogP contribution in [0.4, 0.5) is 4.79 Å². The van der Waals surface area contributed by atoms with Gasteiger partial charge in [0.2, 0.25) is 0 Å². The minimum Gasteiger partial charge on any atom is -0.509 e. The van der Waals surface area contributed by atoms with E-state index in [1.807, 2.05) is 30.3 Å². The van der Waals surface area contributed by atoms with E-state index in [1.54, 1.807) is 20.8 Å². The normalized spacial score (nSPS) is 17.2. The summed E-state index contributed by atoms with van der Waals surface area (Å²) in [5, 5.41) is 20.4. The largest absolute Gasteiger partial charge is 0.509 e. The van der Waals surface area contributed by atoms with Crippen molar-refractivity contribution in [1.29, 1.82) is 0 Å². The Labute approximate surface area is 163 Å². The summed E-state index contributed by atoms with van der Waals surface area (Å²) in [5.41, 5.74) is 0.537. The average molecular weight is 381 g/mol. The zero-order chi connectivity index (χ0) is 20.5. The third-order valence-corrected chi connectivity index (χ3v) is 4.33. The summed E-state index contributed by atoms with van der Waals surface area (Å²) in [6.45, 7) is 5.14. The lowest BCUT2D eigenvalue weighted by atomic mass is 10.0. The second-order valence-corrected chi connectivity index (χ2v) is 7.67. The third-order valence-electron chi connectivity index (χ3n) is 4.33. The molecule has 0 spiro atoms. The number of phenolic OH excluding ortho intramolecular Hbond substituents is 1. The Hall–Kier alpha value is -3.28. The maximum atomic E-state index is 13.1. The molecule has 0 radical (unpaired) electrons. The highest BCUT2D eigenvalue weighted by Crippen LogP contribution is 2.35. The number of phenols is 1. The first kappa shape index (κ1) is 19.5. The van der Waals surface area contributed by atoms with Gasteiger partial charge in [0.15, 0.2) is 0 Å². The first-order valence-corrected chi connectivity index (χ1v) is 9.00. The van der Waals surface area contributed by atoms with E-state index in [-0.39, 0.29) is 23.5 Å². The molecule has 0 fully saturated rings. The van der Waals surface area contributed by atoms with Crippen LogP contribution >= 0.6 is 0 Å². The van der Waals surface area contributed by atoms with Gasteiger partial charge in [-0.25, -0.2) is 9.69 Å². The van der Waals surface area contributed by atoms with E-state index >= 15 is 0 Å². The molecule has 2 aromatic rings. The van der Waals surface area contributed by atoms with Crippen molar-refractivity contribution in [3.05, 3.63) is 71.5 Å². The van der Waals surface area contributed by atoms with Gasteiger partial charge in [0, 0.05) is 6.42 Å². The second kappa shape index (κ2) is 7.38. The van der Waals surface area contributed by atoms with Gasteiger partial charge in [-0.3, -0.25) is 4.79 Å². The van der Waals surface area contributed by atoms with E-state index in [0.717, 1.165) is 10.5 Å². The van der Waals surface area contributed by atoms with Crippen LogP contribution in [0.5, 0.6) is 5.75 Å². The number of carbonyl (C=O) groups excluding carboxylic acids is 2. The predicted molar refractivity (Wildman–Crippen MR) is 105 cm³/mol. The molecule has 2 amide bonds. The number of ether oxygens (including phenoxy) is 1. The number of carbonyl (C=O) groups is 2. The highest BCUT2D eigenvalue weighted by molar-refractivity contribution is 6.26. The third kappa shape index (κ3) is 4.01. The van der Waals surface area contributed by atoms with Crippen LogP contribution in [0.25, 0.3) is 5.57 Å². The number of rotatable bonds is 3. The molecular weight excluding hydrogens is 358 g/mol. The number of benzene rings is 2. The Morgan fingerprint density at radius 1 is 1.04 bits per heavy atom. The van der Waals surface area contributed by atoms with Gasteiger partial charge in [0.05, 0.1) is 5.57 Å². The van der Waals surface area contributed by atoms with E-state index in [4.69, 9.17) is 4.74 Å². The lowest BCUT2D eigenvalue weighted by Crippen LogP contribution is -2.44. The smallest absolute Gasteiger partial charge is 0.418 e. The van der Waals surface area contributed by atoms with Crippen LogP contribution in [0.2, 0.25) is 0 Å². The van der Waals surface area contributed by atoms with Crippen LogP contribution in [-0.2, 0) is 16.0 Å². The molecule has 1 heterocycles. The van der Waals surface area contributed by atoms with Crippen LogP contribution in [0.1, 0.15) is 31.9 Å². The molecule has 3 rings (SSSR count). The number of aliphatic hydroxyl groups excluding tert-OH is 1. The van der Waals surface area contributed by atoms with E-state index in [9.17, 15) is 19.8 Å². The van der Waals surface area contributed by atoms with Crippen molar-refractivity contribution < 1.29 is 24.5 Å². The van der Waals surface area contributed by atoms with Gasteiger partial charge in [0.1, 0.15) is 23.2 Å². The molecule has 0 bridgehead atoms. The minimum atomic E-state index is -0.867. The van der Waals surface area contributed by atoms with Gasteiger partial charge < -0.3 is 14.9 Å². The van der Waals surface area contributed by atoms with Gasteiger partial charge in [-0.1, -0.05) is 42.5 Å². The SMILES string of the molecule is CC(C)(C)OC(=O)N1C(=O)C(c2ccc(O)cc2)=C(O)[C@@H]1Cc1ccccc1. The summed E-state index contributed by atoms with van der Waals surface area (Å²) in [6.07, 6.45) is -0.544. The molecule has 1 aliphatic rings. The number of aromatic hydroxyl groups is 1. The molecule has 0 saturated carbocycles. The molecule has 2 N–H and O–H groups in total. The van der Waals surface area contributed by atoms with Crippen molar-refractivity contribution in [3.8, 4) is 5.75 Å². The summed E-state index contributed by atoms with van der Waals surface area (Å²) in [5.74, 6) is -0.775. The highest BCUT2D eigenvalue weighted by atomic mass is 16.6. The maximum absolute atomic E-state index is 13.1. The molecule has 2 aromatic carbocycles. The molecule has 1 aliphatic heterocycles.